The molecule has 1 amide bonds. The van der Waals surface area contributed by atoms with Crippen molar-refractivity contribution in [3.8, 4) is 0 Å². The van der Waals surface area contributed by atoms with Crippen LogP contribution in [-0.2, 0) is 4.79 Å². The van der Waals surface area contributed by atoms with E-state index >= 15 is 0 Å². The number of carbonyl (C=O) groups is 1. The van der Waals surface area contributed by atoms with E-state index in [-0.39, 0.29) is 5.91 Å². The third kappa shape index (κ3) is 3.76. The fourth-order valence-electron chi connectivity index (χ4n) is 1.57. The van der Waals surface area contributed by atoms with Crippen LogP contribution in [-0.4, -0.2) is 5.91 Å². The van der Waals surface area contributed by atoms with Gasteiger partial charge in [-0.1, -0.05) is 53.0 Å². The lowest BCUT2D eigenvalue weighted by Gasteiger charge is -2.04. The summed E-state index contributed by atoms with van der Waals surface area (Å²) in [6.45, 7) is 0. The summed E-state index contributed by atoms with van der Waals surface area (Å²) in [6, 6.07) is 12.2. The molecule has 0 unspecified atom stereocenters. The van der Waals surface area contributed by atoms with Crippen LogP contribution in [0.15, 0.2) is 48.5 Å². The van der Waals surface area contributed by atoms with Gasteiger partial charge in [0.15, 0.2) is 0 Å². The van der Waals surface area contributed by atoms with E-state index < -0.39 is 0 Å². The topological polar surface area (TPSA) is 29.1 Å². The summed E-state index contributed by atoms with van der Waals surface area (Å²) in [4.78, 5) is 11.8. The van der Waals surface area contributed by atoms with Gasteiger partial charge in [-0.15, -0.1) is 0 Å². The van der Waals surface area contributed by atoms with Crippen molar-refractivity contribution in [2.75, 3.05) is 5.32 Å². The fraction of sp³-hybridized carbons (Fsp3) is 0. The number of anilines is 1. The molecule has 5 heteroatoms. The van der Waals surface area contributed by atoms with Gasteiger partial charge in [0.05, 0.1) is 10.7 Å². The highest BCUT2D eigenvalue weighted by molar-refractivity contribution is 6.37. The maximum atomic E-state index is 11.8. The summed E-state index contributed by atoms with van der Waals surface area (Å²) >= 11 is 18.0. The minimum Gasteiger partial charge on any atom is -0.321 e. The highest BCUT2D eigenvalue weighted by atomic mass is 35.5. The van der Waals surface area contributed by atoms with Crippen molar-refractivity contribution in [2.45, 2.75) is 0 Å². The minimum atomic E-state index is -0.311. The third-order valence-electron chi connectivity index (χ3n) is 2.53. The number of hydrogen-bond acceptors (Lipinski definition) is 1. The summed E-state index contributed by atoms with van der Waals surface area (Å²) in [5, 5.41) is 4.12. The Morgan fingerprint density at radius 3 is 2.15 bits per heavy atom. The summed E-state index contributed by atoms with van der Waals surface area (Å²) in [5.41, 5.74) is 1.15. The maximum absolute atomic E-state index is 11.8. The van der Waals surface area contributed by atoms with Gasteiger partial charge in [0.1, 0.15) is 0 Å². The molecule has 0 saturated carbocycles. The molecule has 0 spiro atoms. The van der Waals surface area contributed by atoms with E-state index in [1.54, 1.807) is 48.5 Å². The van der Waals surface area contributed by atoms with E-state index in [0.29, 0.717) is 26.3 Å². The predicted octanol–water partition coefficient (Wildman–Crippen LogP) is 5.30. The molecular weight excluding hydrogens is 317 g/mol. The minimum absolute atomic E-state index is 0.311. The predicted molar refractivity (Wildman–Crippen MR) is 85.6 cm³/mol. The van der Waals surface area contributed by atoms with Crippen LogP contribution in [0.5, 0.6) is 0 Å². The molecule has 0 atom stereocenters. The second-order valence-corrected chi connectivity index (χ2v) is 5.16. The number of amides is 1. The van der Waals surface area contributed by atoms with Crippen LogP contribution in [0.2, 0.25) is 15.1 Å². The number of nitrogens with one attached hydrogen (secondary N) is 1. The van der Waals surface area contributed by atoms with Crippen LogP contribution in [0.4, 0.5) is 5.69 Å². The summed E-state index contributed by atoms with van der Waals surface area (Å²) in [7, 11) is 0. The Morgan fingerprint density at radius 1 is 0.900 bits per heavy atom. The van der Waals surface area contributed by atoms with Crippen LogP contribution in [0.1, 0.15) is 5.56 Å². The van der Waals surface area contributed by atoms with Crippen molar-refractivity contribution in [2.24, 2.45) is 0 Å². The van der Waals surface area contributed by atoms with Crippen LogP contribution in [0.3, 0.4) is 0 Å². The summed E-state index contributed by atoms with van der Waals surface area (Å²) in [6.07, 6.45) is 2.92. The molecular formula is C15H10Cl3NO. The van der Waals surface area contributed by atoms with Gasteiger partial charge in [-0.3, -0.25) is 4.79 Å². The van der Waals surface area contributed by atoms with E-state index in [1.807, 2.05) is 0 Å². The first-order chi connectivity index (χ1) is 9.58. The Kier molecular flexibility index (Phi) is 5.07. The SMILES string of the molecule is O=C(/C=C/c1c(Cl)cccc1Cl)Nc1ccccc1Cl. The van der Waals surface area contributed by atoms with Crippen LogP contribution in [0, 0.1) is 0 Å². The second kappa shape index (κ2) is 6.80. The third-order valence-corrected chi connectivity index (χ3v) is 3.52. The first-order valence-corrected chi connectivity index (χ1v) is 6.89. The highest BCUT2D eigenvalue weighted by Gasteiger charge is 2.04. The number of benzene rings is 2. The molecule has 0 aliphatic rings. The van der Waals surface area contributed by atoms with Gasteiger partial charge in [-0.2, -0.15) is 0 Å². The Labute approximate surface area is 132 Å². The smallest absolute Gasteiger partial charge is 0.248 e. The molecule has 0 radical (unpaired) electrons. The van der Waals surface area contributed by atoms with Gasteiger partial charge in [0.2, 0.25) is 5.91 Å². The lowest BCUT2D eigenvalue weighted by molar-refractivity contribution is -0.111. The molecule has 0 heterocycles. The molecule has 2 aromatic carbocycles. The van der Waals surface area contributed by atoms with Gasteiger partial charge >= 0.3 is 0 Å². The van der Waals surface area contributed by atoms with Crippen molar-refractivity contribution < 1.29 is 4.79 Å². The quantitative estimate of drug-likeness (QED) is 0.762. The lowest BCUT2D eigenvalue weighted by Crippen LogP contribution is -2.07. The standard InChI is InChI=1S/C15H10Cl3NO/c16-11-5-3-6-12(17)10(11)8-9-15(20)19-14-7-2-1-4-13(14)18/h1-9H,(H,19,20)/b9-8+. The first-order valence-electron chi connectivity index (χ1n) is 5.75. The summed E-state index contributed by atoms with van der Waals surface area (Å²) in [5.74, 6) is -0.311. The van der Waals surface area contributed by atoms with E-state index in [9.17, 15) is 4.79 Å². The Morgan fingerprint density at radius 2 is 1.50 bits per heavy atom. The number of carbonyl (C=O) groups excluding carboxylic acids is 1. The molecule has 0 aliphatic carbocycles. The molecule has 0 aromatic heterocycles. The van der Waals surface area contributed by atoms with E-state index in [0.717, 1.165) is 0 Å². The maximum Gasteiger partial charge on any atom is 0.248 e. The molecule has 102 valence electrons. The average Bonchev–Trinajstić information content (AvgIpc) is 2.41. The number of rotatable bonds is 3. The molecule has 20 heavy (non-hydrogen) atoms. The van der Waals surface area contributed by atoms with Gasteiger partial charge in [0, 0.05) is 21.7 Å². The molecule has 2 rings (SSSR count). The molecule has 2 aromatic rings. The van der Waals surface area contributed by atoms with Crippen molar-refractivity contribution >= 4 is 52.5 Å². The van der Waals surface area contributed by atoms with E-state index in [2.05, 4.69) is 5.32 Å². The molecule has 1 N–H and O–H groups in total. The Balaban J connectivity index is 2.12. The first kappa shape index (κ1) is 14.9. The zero-order valence-corrected chi connectivity index (χ0v) is 12.5. The molecule has 0 bridgehead atoms. The van der Waals surface area contributed by atoms with E-state index in [1.165, 1.54) is 6.08 Å². The zero-order chi connectivity index (χ0) is 14.5. The van der Waals surface area contributed by atoms with Crippen LogP contribution in [0.25, 0.3) is 6.08 Å². The normalized spacial score (nSPS) is 10.8. The molecule has 0 saturated heterocycles. The Bertz CT molecular complexity index is 648. The monoisotopic (exact) mass is 325 g/mol. The van der Waals surface area contributed by atoms with Crippen molar-refractivity contribution in [1.82, 2.24) is 0 Å². The van der Waals surface area contributed by atoms with Gasteiger partial charge < -0.3 is 5.32 Å². The second-order valence-electron chi connectivity index (χ2n) is 3.94. The summed E-state index contributed by atoms with van der Waals surface area (Å²) < 4.78 is 0. The largest absolute Gasteiger partial charge is 0.321 e. The number of para-hydroxylation sites is 1. The fourth-order valence-corrected chi connectivity index (χ4v) is 2.27. The molecule has 0 aliphatic heterocycles. The van der Waals surface area contributed by atoms with Gasteiger partial charge in [0.25, 0.3) is 0 Å². The van der Waals surface area contributed by atoms with Crippen molar-refractivity contribution in [3.63, 3.8) is 0 Å². The Hall–Kier alpha value is -1.48. The van der Waals surface area contributed by atoms with E-state index in [4.69, 9.17) is 34.8 Å². The number of hydrogen-bond donors (Lipinski definition) is 1. The highest BCUT2D eigenvalue weighted by Crippen LogP contribution is 2.25. The van der Waals surface area contributed by atoms with Crippen molar-refractivity contribution in [1.29, 1.82) is 0 Å². The number of halogens is 3. The lowest BCUT2D eigenvalue weighted by atomic mass is 10.2. The molecule has 2 nitrogen and oxygen atoms in total. The van der Waals surface area contributed by atoms with Gasteiger partial charge in [-0.25, -0.2) is 0 Å². The van der Waals surface area contributed by atoms with Crippen LogP contribution >= 0.6 is 34.8 Å². The molecule has 0 fully saturated rings. The van der Waals surface area contributed by atoms with Crippen molar-refractivity contribution in [3.05, 3.63) is 69.2 Å². The van der Waals surface area contributed by atoms with Crippen LogP contribution < -0.4 is 5.32 Å². The van der Waals surface area contributed by atoms with Gasteiger partial charge in [-0.05, 0) is 30.3 Å². The zero-order valence-electron chi connectivity index (χ0n) is 10.2. The average molecular weight is 327 g/mol.